The SMILES string of the molecule is CCOc1cc(N)cc(C(=O)OCCOCCCOC)c1. The van der Waals surface area contributed by atoms with E-state index < -0.39 is 5.97 Å². The number of carbonyl (C=O) groups excluding carboxylic acids is 1. The van der Waals surface area contributed by atoms with Crippen LogP contribution in [-0.4, -0.2) is 46.1 Å². The van der Waals surface area contributed by atoms with Crippen LogP contribution in [0.1, 0.15) is 23.7 Å². The Balaban J connectivity index is 2.34. The number of ether oxygens (including phenoxy) is 4. The van der Waals surface area contributed by atoms with Gasteiger partial charge in [-0.15, -0.1) is 0 Å². The van der Waals surface area contributed by atoms with Crippen molar-refractivity contribution in [2.45, 2.75) is 13.3 Å². The molecule has 0 aliphatic rings. The Labute approximate surface area is 125 Å². The maximum atomic E-state index is 11.9. The summed E-state index contributed by atoms with van der Waals surface area (Å²) in [5.74, 6) is 0.115. The van der Waals surface area contributed by atoms with E-state index in [2.05, 4.69) is 0 Å². The number of nitrogens with two attached hydrogens (primary N) is 1. The summed E-state index contributed by atoms with van der Waals surface area (Å²) in [4.78, 5) is 11.9. The summed E-state index contributed by atoms with van der Waals surface area (Å²) in [5.41, 5.74) is 6.56. The predicted octanol–water partition coefficient (Wildman–Crippen LogP) is 1.88. The molecule has 0 fully saturated rings. The van der Waals surface area contributed by atoms with Crippen LogP contribution in [0.25, 0.3) is 0 Å². The third-order valence-corrected chi connectivity index (χ3v) is 2.57. The summed E-state index contributed by atoms with van der Waals surface area (Å²) >= 11 is 0. The molecule has 0 spiro atoms. The van der Waals surface area contributed by atoms with Crippen LogP contribution in [0.4, 0.5) is 5.69 Å². The van der Waals surface area contributed by atoms with E-state index in [-0.39, 0.29) is 6.61 Å². The summed E-state index contributed by atoms with van der Waals surface area (Å²) in [5, 5.41) is 0. The van der Waals surface area contributed by atoms with Gasteiger partial charge in [0.15, 0.2) is 0 Å². The fourth-order valence-corrected chi connectivity index (χ4v) is 1.67. The number of hydrogen-bond donors (Lipinski definition) is 1. The van der Waals surface area contributed by atoms with Crippen LogP contribution in [0, 0.1) is 0 Å². The average molecular weight is 297 g/mol. The zero-order valence-corrected chi connectivity index (χ0v) is 12.6. The van der Waals surface area contributed by atoms with Gasteiger partial charge in [-0.25, -0.2) is 4.79 Å². The first kappa shape index (κ1) is 17.3. The molecule has 1 aromatic rings. The predicted molar refractivity (Wildman–Crippen MR) is 79.6 cm³/mol. The third kappa shape index (κ3) is 6.97. The third-order valence-electron chi connectivity index (χ3n) is 2.57. The number of rotatable bonds is 10. The van der Waals surface area contributed by atoms with Gasteiger partial charge >= 0.3 is 5.97 Å². The zero-order chi connectivity index (χ0) is 15.5. The number of hydrogen-bond acceptors (Lipinski definition) is 6. The van der Waals surface area contributed by atoms with Crippen molar-refractivity contribution in [1.29, 1.82) is 0 Å². The monoisotopic (exact) mass is 297 g/mol. The topological polar surface area (TPSA) is 80.0 Å². The molecule has 21 heavy (non-hydrogen) atoms. The Morgan fingerprint density at radius 1 is 1.14 bits per heavy atom. The lowest BCUT2D eigenvalue weighted by molar-refractivity contribution is 0.0288. The van der Waals surface area contributed by atoms with Crippen molar-refractivity contribution in [2.24, 2.45) is 0 Å². The van der Waals surface area contributed by atoms with Crippen LogP contribution in [0.3, 0.4) is 0 Å². The fraction of sp³-hybridized carbons (Fsp3) is 0.533. The molecule has 0 heterocycles. The molecule has 1 aromatic carbocycles. The first-order chi connectivity index (χ1) is 10.2. The van der Waals surface area contributed by atoms with Gasteiger partial charge in [-0.3, -0.25) is 0 Å². The maximum Gasteiger partial charge on any atom is 0.338 e. The van der Waals surface area contributed by atoms with E-state index >= 15 is 0 Å². The van der Waals surface area contributed by atoms with Crippen LogP contribution in [0.2, 0.25) is 0 Å². The molecule has 118 valence electrons. The highest BCUT2D eigenvalue weighted by atomic mass is 16.6. The van der Waals surface area contributed by atoms with Crippen molar-refractivity contribution in [2.75, 3.05) is 45.9 Å². The molecule has 6 heteroatoms. The zero-order valence-electron chi connectivity index (χ0n) is 12.6. The molecule has 6 nitrogen and oxygen atoms in total. The van der Waals surface area contributed by atoms with Crippen LogP contribution < -0.4 is 10.5 Å². The molecular formula is C15H23NO5. The smallest absolute Gasteiger partial charge is 0.338 e. The van der Waals surface area contributed by atoms with Gasteiger partial charge in [0.1, 0.15) is 12.4 Å². The van der Waals surface area contributed by atoms with Gasteiger partial charge in [0.05, 0.1) is 18.8 Å². The molecule has 0 atom stereocenters. The molecule has 0 saturated carbocycles. The van der Waals surface area contributed by atoms with Gasteiger partial charge in [0, 0.05) is 32.1 Å². The fourth-order valence-electron chi connectivity index (χ4n) is 1.67. The van der Waals surface area contributed by atoms with Gasteiger partial charge in [0.2, 0.25) is 0 Å². The highest BCUT2D eigenvalue weighted by Crippen LogP contribution is 2.19. The standard InChI is InChI=1S/C15H23NO5/c1-3-20-14-10-12(9-13(16)11-14)15(17)21-8-7-19-6-4-5-18-2/h9-11H,3-8,16H2,1-2H3. The second-order valence-electron chi connectivity index (χ2n) is 4.32. The number of esters is 1. The molecule has 0 radical (unpaired) electrons. The summed E-state index contributed by atoms with van der Waals surface area (Å²) < 4.78 is 20.6. The Morgan fingerprint density at radius 3 is 2.67 bits per heavy atom. The van der Waals surface area contributed by atoms with E-state index in [0.29, 0.717) is 43.4 Å². The molecule has 0 amide bonds. The highest BCUT2D eigenvalue weighted by Gasteiger charge is 2.10. The van der Waals surface area contributed by atoms with Gasteiger partial charge in [-0.1, -0.05) is 0 Å². The number of nitrogen functional groups attached to an aromatic ring is 1. The minimum absolute atomic E-state index is 0.199. The van der Waals surface area contributed by atoms with Crippen LogP contribution in [0.15, 0.2) is 18.2 Å². The van der Waals surface area contributed by atoms with E-state index in [0.717, 1.165) is 6.42 Å². The van der Waals surface area contributed by atoms with E-state index in [9.17, 15) is 4.79 Å². The summed E-state index contributed by atoms with van der Waals surface area (Å²) in [6.45, 7) is 4.16. The minimum atomic E-state index is -0.441. The first-order valence-electron chi connectivity index (χ1n) is 6.94. The summed E-state index contributed by atoms with van der Waals surface area (Å²) in [6.07, 6.45) is 0.817. The highest BCUT2D eigenvalue weighted by molar-refractivity contribution is 5.91. The van der Waals surface area contributed by atoms with Crippen molar-refractivity contribution in [1.82, 2.24) is 0 Å². The Bertz CT molecular complexity index is 436. The quantitative estimate of drug-likeness (QED) is 0.403. The minimum Gasteiger partial charge on any atom is -0.494 e. The van der Waals surface area contributed by atoms with Crippen LogP contribution in [-0.2, 0) is 14.2 Å². The number of methoxy groups -OCH3 is 1. The Kier molecular flexibility index (Phi) is 8.23. The molecule has 0 aromatic heterocycles. The van der Waals surface area contributed by atoms with Crippen molar-refractivity contribution in [3.05, 3.63) is 23.8 Å². The Morgan fingerprint density at radius 2 is 1.95 bits per heavy atom. The number of carbonyl (C=O) groups is 1. The molecule has 0 aliphatic heterocycles. The lowest BCUT2D eigenvalue weighted by Gasteiger charge is -2.09. The van der Waals surface area contributed by atoms with Gasteiger partial charge < -0.3 is 24.7 Å². The van der Waals surface area contributed by atoms with Gasteiger partial charge in [0.25, 0.3) is 0 Å². The van der Waals surface area contributed by atoms with Gasteiger partial charge in [-0.05, 0) is 25.5 Å². The maximum absolute atomic E-state index is 11.9. The second kappa shape index (κ2) is 10.0. The lowest BCUT2D eigenvalue weighted by atomic mass is 10.2. The molecule has 1 rings (SSSR count). The van der Waals surface area contributed by atoms with E-state index in [1.807, 2.05) is 6.92 Å². The second-order valence-corrected chi connectivity index (χ2v) is 4.32. The van der Waals surface area contributed by atoms with Crippen molar-refractivity contribution < 1.29 is 23.7 Å². The average Bonchev–Trinajstić information content (AvgIpc) is 2.46. The molecule has 0 saturated heterocycles. The molecule has 0 aliphatic carbocycles. The van der Waals surface area contributed by atoms with E-state index in [1.54, 1.807) is 25.3 Å². The van der Waals surface area contributed by atoms with Crippen LogP contribution in [0.5, 0.6) is 5.75 Å². The Hall–Kier alpha value is -1.79. The lowest BCUT2D eigenvalue weighted by Crippen LogP contribution is -2.12. The van der Waals surface area contributed by atoms with Crippen molar-refractivity contribution in [3.63, 3.8) is 0 Å². The molecule has 0 unspecified atom stereocenters. The summed E-state index contributed by atoms with van der Waals surface area (Å²) in [7, 11) is 1.64. The van der Waals surface area contributed by atoms with Crippen LogP contribution >= 0.6 is 0 Å². The first-order valence-corrected chi connectivity index (χ1v) is 6.94. The number of anilines is 1. The van der Waals surface area contributed by atoms with E-state index in [4.69, 9.17) is 24.7 Å². The molecular weight excluding hydrogens is 274 g/mol. The van der Waals surface area contributed by atoms with Crippen molar-refractivity contribution in [3.8, 4) is 5.75 Å². The van der Waals surface area contributed by atoms with Gasteiger partial charge in [-0.2, -0.15) is 0 Å². The van der Waals surface area contributed by atoms with E-state index in [1.165, 1.54) is 0 Å². The molecule has 2 N–H and O–H groups in total. The normalized spacial score (nSPS) is 10.4. The largest absolute Gasteiger partial charge is 0.494 e. The molecule has 0 bridgehead atoms. The number of benzene rings is 1. The summed E-state index contributed by atoms with van der Waals surface area (Å²) in [6, 6.07) is 4.84. The van der Waals surface area contributed by atoms with Crippen molar-refractivity contribution >= 4 is 11.7 Å².